The summed E-state index contributed by atoms with van der Waals surface area (Å²) >= 11 is 0. The molecule has 30 heavy (non-hydrogen) atoms. The van der Waals surface area contributed by atoms with Crippen LogP contribution in [0.25, 0.3) is 21.9 Å². The molecule has 2 aromatic heterocycles. The lowest BCUT2D eigenvalue weighted by molar-refractivity contribution is 0.355. The second-order valence-electron chi connectivity index (χ2n) is 7.97. The Bertz CT molecular complexity index is 1260. The van der Waals surface area contributed by atoms with Crippen LogP contribution in [-0.2, 0) is 0 Å². The maximum absolute atomic E-state index is 12.9. The predicted octanol–water partition coefficient (Wildman–Crippen LogP) is 4.22. The number of H-pyrrole nitrogens is 2. The normalized spacial score (nSPS) is 12.6. The van der Waals surface area contributed by atoms with Gasteiger partial charge in [0.1, 0.15) is 11.6 Å². The summed E-state index contributed by atoms with van der Waals surface area (Å²) in [4.78, 5) is 28.9. The van der Waals surface area contributed by atoms with Crippen LogP contribution in [0.15, 0.2) is 29.1 Å². The second kappa shape index (κ2) is 7.48. The average Bonchev–Trinajstić information content (AvgIpc) is 3.09. The quantitative estimate of drug-likeness (QED) is 0.518. The highest BCUT2D eigenvalue weighted by molar-refractivity contribution is 5.82. The van der Waals surface area contributed by atoms with Crippen LogP contribution in [0, 0.1) is 19.8 Å². The molecule has 4 rings (SSSR count). The molecule has 0 unspecified atom stereocenters. The molecule has 0 aliphatic rings. The SMILES string of the molecule is COc1cc2nc([C@@H](c3nc4cc(C)c(C)cc4[nH]3)C(C)C)[nH]c(=O)c2cc1OC. The molecule has 7 heteroatoms. The molecule has 2 heterocycles. The molecule has 2 N–H and O–H groups in total. The number of aromatic amines is 2. The molecular weight excluding hydrogens is 380 g/mol. The molecule has 156 valence electrons. The van der Waals surface area contributed by atoms with E-state index in [1.165, 1.54) is 11.1 Å². The fourth-order valence-corrected chi connectivity index (χ4v) is 3.83. The molecule has 0 aliphatic carbocycles. The van der Waals surface area contributed by atoms with Crippen molar-refractivity contribution in [3.8, 4) is 11.5 Å². The summed E-state index contributed by atoms with van der Waals surface area (Å²) in [5.74, 6) is 2.35. The minimum absolute atomic E-state index is 0.161. The average molecular weight is 406 g/mol. The van der Waals surface area contributed by atoms with E-state index >= 15 is 0 Å². The van der Waals surface area contributed by atoms with Crippen LogP contribution in [0.3, 0.4) is 0 Å². The largest absolute Gasteiger partial charge is 0.493 e. The van der Waals surface area contributed by atoms with E-state index in [1.807, 2.05) is 0 Å². The van der Waals surface area contributed by atoms with Gasteiger partial charge in [-0.05, 0) is 49.1 Å². The van der Waals surface area contributed by atoms with E-state index in [0.717, 1.165) is 16.9 Å². The molecule has 0 spiro atoms. The summed E-state index contributed by atoms with van der Waals surface area (Å²) < 4.78 is 10.7. The third kappa shape index (κ3) is 3.30. The van der Waals surface area contributed by atoms with Gasteiger partial charge in [-0.25, -0.2) is 9.97 Å². The zero-order chi connectivity index (χ0) is 21.6. The molecular formula is C23H26N4O3. The maximum Gasteiger partial charge on any atom is 0.258 e. The molecule has 0 aliphatic heterocycles. The van der Waals surface area contributed by atoms with Crippen molar-refractivity contribution in [3.05, 3.63) is 57.4 Å². The Morgan fingerprint density at radius 3 is 2.10 bits per heavy atom. The molecule has 0 bridgehead atoms. The number of ether oxygens (including phenoxy) is 2. The fraction of sp³-hybridized carbons (Fsp3) is 0.348. The summed E-state index contributed by atoms with van der Waals surface area (Å²) in [7, 11) is 3.10. The maximum atomic E-state index is 12.9. The number of rotatable bonds is 5. The molecule has 0 saturated carbocycles. The Morgan fingerprint density at radius 2 is 1.43 bits per heavy atom. The van der Waals surface area contributed by atoms with Crippen LogP contribution in [0.1, 0.15) is 42.5 Å². The number of aryl methyl sites for hydroxylation is 2. The number of nitrogens with zero attached hydrogens (tertiary/aromatic N) is 2. The van der Waals surface area contributed by atoms with E-state index in [4.69, 9.17) is 19.4 Å². The third-order valence-corrected chi connectivity index (χ3v) is 5.60. The summed E-state index contributed by atoms with van der Waals surface area (Å²) in [6.07, 6.45) is 0. The van der Waals surface area contributed by atoms with Crippen LogP contribution in [0.4, 0.5) is 0 Å². The monoisotopic (exact) mass is 406 g/mol. The first-order valence-corrected chi connectivity index (χ1v) is 9.95. The van der Waals surface area contributed by atoms with Gasteiger partial charge >= 0.3 is 0 Å². The Balaban J connectivity index is 1.90. The number of imidazole rings is 1. The molecule has 0 amide bonds. The molecule has 0 fully saturated rings. The van der Waals surface area contributed by atoms with Gasteiger partial charge in [-0.2, -0.15) is 0 Å². The van der Waals surface area contributed by atoms with E-state index < -0.39 is 0 Å². The zero-order valence-corrected chi connectivity index (χ0v) is 18.1. The first-order chi connectivity index (χ1) is 14.3. The summed E-state index contributed by atoms with van der Waals surface area (Å²) in [5, 5.41) is 0.453. The van der Waals surface area contributed by atoms with Crippen molar-refractivity contribution in [1.82, 2.24) is 19.9 Å². The number of nitrogens with one attached hydrogen (secondary N) is 2. The summed E-state index contributed by atoms with van der Waals surface area (Å²) in [6, 6.07) is 7.57. The van der Waals surface area contributed by atoms with Crippen LogP contribution < -0.4 is 15.0 Å². The predicted molar refractivity (Wildman–Crippen MR) is 118 cm³/mol. The molecule has 4 aromatic rings. The lowest BCUT2D eigenvalue weighted by Gasteiger charge is -2.18. The van der Waals surface area contributed by atoms with Crippen LogP contribution in [0.5, 0.6) is 11.5 Å². The van der Waals surface area contributed by atoms with E-state index in [1.54, 1.807) is 26.4 Å². The standard InChI is InChI=1S/C23H26N4O3/c1-11(2)20(21-25-16-7-12(3)13(4)8-17(16)26-21)22-24-15-10-19(30-6)18(29-5)9-14(15)23(28)27-22/h7-11,20H,1-6H3,(H,25,26)(H,24,27,28)/t20-/m1/s1. The first kappa shape index (κ1) is 19.9. The number of fused-ring (bicyclic) bond motifs is 2. The molecule has 2 aromatic carbocycles. The van der Waals surface area contributed by atoms with Crippen LogP contribution >= 0.6 is 0 Å². The Kier molecular flexibility index (Phi) is 4.97. The topological polar surface area (TPSA) is 92.9 Å². The lowest BCUT2D eigenvalue weighted by Crippen LogP contribution is -2.20. The van der Waals surface area contributed by atoms with Crippen molar-refractivity contribution in [2.75, 3.05) is 14.2 Å². The van der Waals surface area contributed by atoms with Crippen molar-refractivity contribution in [2.45, 2.75) is 33.6 Å². The van der Waals surface area contributed by atoms with E-state index in [-0.39, 0.29) is 17.4 Å². The minimum Gasteiger partial charge on any atom is -0.493 e. The van der Waals surface area contributed by atoms with Crippen molar-refractivity contribution < 1.29 is 9.47 Å². The van der Waals surface area contributed by atoms with Crippen molar-refractivity contribution in [1.29, 1.82) is 0 Å². The van der Waals surface area contributed by atoms with Crippen molar-refractivity contribution in [2.24, 2.45) is 5.92 Å². The van der Waals surface area contributed by atoms with Gasteiger partial charge < -0.3 is 19.4 Å². The van der Waals surface area contributed by atoms with Gasteiger partial charge in [0.15, 0.2) is 11.5 Å². The summed E-state index contributed by atoms with van der Waals surface area (Å²) in [5.41, 5.74) is 4.63. The van der Waals surface area contributed by atoms with E-state index in [0.29, 0.717) is 28.2 Å². The number of hydrogen-bond acceptors (Lipinski definition) is 5. The smallest absolute Gasteiger partial charge is 0.258 e. The highest BCUT2D eigenvalue weighted by Gasteiger charge is 2.25. The lowest BCUT2D eigenvalue weighted by atomic mass is 9.94. The third-order valence-electron chi connectivity index (χ3n) is 5.60. The first-order valence-electron chi connectivity index (χ1n) is 9.95. The molecule has 1 atom stereocenters. The van der Waals surface area contributed by atoms with Gasteiger partial charge in [0.25, 0.3) is 5.56 Å². The Hall–Kier alpha value is -3.35. The second-order valence-corrected chi connectivity index (χ2v) is 7.97. The van der Waals surface area contributed by atoms with Crippen molar-refractivity contribution in [3.63, 3.8) is 0 Å². The Morgan fingerprint density at radius 1 is 0.833 bits per heavy atom. The number of aromatic nitrogens is 4. The van der Waals surface area contributed by atoms with Crippen LogP contribution in [-0.4, -0.2) is 34.2 Å². The minimum atomic E-state index is -0.218. The molecule has 0 radical (unpaired) electrons. The van der Waals surface area contributed by atoms with Gasteiger partial charge in [0, 0.05) is 6.07 Å². The molecule has 0 saturated heterocycles. The van der Waals surface area contributed by atoms with E-state index in [9.17, 15) is 4.79 Å². The van der Waals surface area contributed by atoms with Gasteiger partial charge in [0.05, 0.1) is 42.1 Å². The van der Waals surface area contributed by atoms with Gasteiger partial charge in [-0.3, -0.25) is 4.79 Å². The number of hydrogen-bond donors (Lipinski definition) is 2. The highest BCUT2D eigenvalue weighted by atomic mass is 16.5. The van der Waals surface area contributed by atoms with Gasteiger partial charge in [-0.1, -0.05) is 13.8 Å². The van der Waals surface area contributed by atoms with Gasteiger partial charge in [-0.15, -0.1) is 0 Å². The van der Waals surface area contributed by atoms with Crippen molar-refractivity contribution >= 4 is 21.9 Å². The fourth-order valence-electron chi connectivity index (χ4n) is 3.83. The highest BCUT2D eigenvalue weighted by Crippen LogP contribution is 2.33. The number of benzene rings is 2. The molecule has 7 nitrogen and oxygen atoms in total. The number of methoxy groups -OCH3 is 2. The summed E-state index contributed by atoms with van der Waals surface area (Å²) in [6.45, 7) is 8.34. The zero-order valence-electron chi connectivity index (χ0n) is 18.1. The van der Waals surface area contributed by atoms with E-state index in [2.05, 4.69) is 49.8 Å². The van der Waals surface area contributed by atoms with Crippen LogP contribution in [0.2, 0.25) is 0 Å². The van der Waals surface area contributed by atoms with Gasteiger partial charge in [0.2, 0.25) is 0 Å². The Labute approximate surface area is 174 Å².